The van der Waals surface area contributed by atoms with E-state index in [1.165, 1.54) is 21.2 Å². The molecule has 0 saturated heterocycles. The summed E-state index contributed by atoms with van der Waals surface area (Å²) >= 11 is 0. The average Bonchev–Trinajstić information content (AvgIpc) is 2.66. The molecule has 24 heavy (non-hydrogen) atoms. The highest BCUT2D eigenvalue weighted by Gasteiger charge is 2.18. The molecule has 0 aliphatic rings. The van der Waals surface area contributed by atoms with Gasteiger partial charge < -0.3 is 4.90 Å². The highest BCUT2D eigenvalue weighted by molar-refractivity contribution is 6.95. The van der Waals surface area contributed by atoms with Gasteiger partial charge in [0, 0.05) is 18.8 Å². The van der Waals surface area contributed by atoms with Crippen molar-refractivity contribution in [1.82, 2.24) is 0 Å². The Hall–Kier alpha value is -2.32. The molecule has 0 spiro atoms. The highest BCUT2D eigenvalue weighted by atomic mass is 28.3. The SMILES string of the molecule is CCN(CC)c1ccc([SiH](c2ccccc2)c2ccccc2)cc1. The zero-order valence-corrected chi connectivity index (χ0v) is 15.7. The number of rotatable bonds is 6. The largest absolute Gasteiger partial charge is 0.372 e. The zero-order chi connectivity index (χ0) is 16.8. The summed E-state index contributed by atoms with van der Waals surface area (Å²) < 4.78 is 0. The third kappa shape index (κ3) is 3.60. The smallest absolute Gasteiger partial charge is 0.132 e. The summed E-state index contributed by atoms with van der Waals surface area (Å²) in [5.41, 5.74) is 1.32. The molecule has 0 radical (unpaired) electrons. The van der Waals surface area contributed by atoms with Crippen LogP contribution in [-0.2, 0) is 0 Å². The van der Waals surface area contributed by atoms with Crippen molar-refractivity contribution in [3.05, 3.63) is 84.9 Å². The van der Waals surface area contributed by atoms with Crippen LogP contribution in [0.3, 0.4) is 0 Å². The van der Waals surface area contributed by atoms with Gasteiger partial charge in [0.25, 0.3) is 0 Å². The molecule has 0 aliphatic carbocycles. The fraction of sp³-hybridized carbons (Fsp3) is 0.182. The first kappa shape index (κ1) is 16.5. The first-order chi connectivity index (χ1) is 11.8. The van der Waals surface area contributed by atoms with E-state index >= 15 is 0 Å². The molecule has 0 aromatic heterocycles. The molecule has 3 aromatic carbocycles. The number of hydrogen-bond acceptors (Lipinski definition) is 1. The van der Waals surface area contributed by atoms with E-state index in [1.807, 2.05) is 0 Å². The summed E-state index contributed by atoms with van der Waals surface area (Å²) in [6.07, 6.45) is 0. The molecule has 0 fully saturated rings. The molecule has 0 saturated carbocycles. The van der Waals surface area contributed by atoms with E-state index in [1.54, 1.807) is 0 Å². The maximum atomic E-state index is 2.39. The van der Waals surface area contributed by atoms with Gasteiger partial charge >= 0.3 is 0 Å². The molecular formula is C22H25NSi. The lowest BCUT2D eigenvalue weighted by Crippen LogP contribution is -2.51. The average molecular weight is 332 g/mol. The van der Waals surface area contributed by atoms with Crippen molar-refractivity contribution in [2.45, 2.75) is 13.8 Å². The van der Waals surface area contributed by atoms with Crippen LogP contribution < -0.4 is 20.5 Å². The summed E-state index contributed by atoms with van der Waals surface area (Å²) in [5, 5.41) is 4.42. The Kier molecular flexibility index (Phi) is 5.50. The van der Waals surface area contributed by atoms with E-state index in [9.17, 15) is 0 Å². The van der Waals surface area contributed by atoms with Crippen molar-refractivity contribution in [2.24, 2.45) is 0 Å². The van der Waals surface area contributed by atoms with Crippen LogP contribution in [0, 0.1) is 0 Å². The van der Waals surface area contributed by atoms with Crippen LogP contribution in [0.4, 0.5) is 5.69 Å². The van der Waals surface area contributed by atoms with Crippen LogP contribution in [0.5, 0.6) is 0 Å². The van der Waals surface area contributed by atoms with Crippen molar-refractivity contribution < 1.29 is 0 Å². The third-order valence-corrected chi connectivity index (χ3v) is 7.78. The van der Waals surface area contributed by atoms with Crippen molar-refractivity contribution in [3.8, 4) is 0 Å². The lowest BCUT2D eigenvalue weighted by atomic mass is 10.3. The Morgan fingerprint density at radius 1 is 0.583 bits per heavy atom. The van der Waals surface area contributed by atoms with Crippen LogP contribution >= 0.6 is 0 Å². The monoisotopic (exact) mass is 331 g/mol. The van der Waals surface area contributed by atoms with E-state index in [2.05, 4.69) is 104 Å². The first-order valence-corrected chi connectivity index (χ1v) is 10.5. The topological polar surface area (TPSA) is 3.24 Å². The van der Waals surface area contributed by atoms with Gasteiger partial charge in [0.15, 0.2) is 0 Å². The van der Waals surface area contributed by atoms with Gasteiger partial charge in [-0.05, 0) is 26.0 Å². The Balaban J connectivity index is 2.00. The van der Waals surface area contributed by atoms with Crippen molar-refractivity contribution in [3.63, 3.8) is 0 Å². The van der Waals surface area contributed by atoms with Gasteiger partial charge in [-0.2, -0.15) is 0 Å². The normalized spacial score (nSPS) is 10.8. The molecule has 0 aliphatic heterocycles. The minimum atomic E-state index is -1.40. The van der Waals surface area contributed by atoms with Gasteiger partial charge in [-0.25, -0.2) is 0 Å². The second-order valence-electron chi connectivity index (χ2n) is 6.02. The molecule has 3 rings (SSSR count). The van der Waals surface area contributed by atoms with E-state index in [4.69, 9.17) is 0 Å². The summed E-state index contributed by atoms with van der Waals surface area (Å²) in [7, 11) is -1.40. The van der Waals surface area contributed by atoms with Crippen molar-refractivity contribution >= 4 is 30.0 Å². The molecular weight excluding hydrogens is 306 g/mol. The molecule has 1 nitrogen and oxygen atoms in total. The molecule has 0 unspecified atom stereocenters. The lowest BCUT2D eigenvalue weighted by molar-refractivity contribution is 0.866. The number of benzene rings is 3. The van der Waals surface area contributed by atoms with E-state index in [0.717, 1.165) is 13.1 Å². The number of nitrogens with zero attached hydrogens (tertiary/aromatic N) is 1. The molecule has 2 heteroatoms. The second kappa shape index (κ2) is 7.98. The molecule has 0 atom stereocenters. The lowest BCUT2D eigenvalue weighted by Gasteiger charge is -2.22. The van der Waals surface area contributed by atoms with Gasteiger partial charge in [-0.15, -0.1) is 0 Å². The molecule has 0 amide bonds. The third-order valence-electron chi connectivity index (χ3n) is 4.62. The maximum absolute atomic E-state index is 2.39. The predicted molar refractivity (Wildman–Crippen MR) is 109 cm³/mol. The summed E-state index contributed by atoms with van der Waals surface area (Å²) in [5.74, 6) is 0. The molecule has 0 heterocycles. The zero-order valence-electron chi connectivity index (χ0n) is 14.5. The molecule has 0 N–H and O–H groups in total. The van der Waals surface area contributed by atoms with Gasteiger partial charge in [-0.1, -0.05) is 88.4 Å². The number of hydrogen-bond donors (Lipinski definition) is 0. The summed E-state index contributed by atoms with van der Waals surface area (Å²) in [6.45, 7) is 6.52. The van der Waals surface area contributed by atoms with Crippen LogP contribution in [0.15, 0.2) is 84.9 Å². The van der Waals surface area contributed by atoms with Crippen LogP contribution in [0.2, 0.25) is 0 Å². The Bertz CT molecular complexity index is 694. The fourth-order valence-electron chi connectivity index (χ4n) is 3.33. The quantitative estimate of drug-likeness (QED) is 0.496. The second-order valence-corrected chi connectivity index (χ2v) is 8.88. The van der Waals surface area contributed by atoms with E-state index in [0.29, 0.717) is 0 Å². The predicted octanol–water partition coefficient (Wildman–Crippen LogP) is 2.78. The van der Waals surface area contributed by atoms with E-state index in [-0.39, 0.29) is 0 Å². The van der Waals surface area contributed by atoms with Crippen LogP contribution in [0.25, 0.3) is 0 Å². The van der Waals surface area contributed by atoms with Crippen LogP contribution in [-0.4, -0.2) is 21.9 Å². The maximum Gasteiger partial charge on any atom is 0.132 e. The number of anilines is 1. The summed E-state index contributed by atoms with van der Waals surface area (Å²) in [6, 6.07) is 31.2. The van der Waals surface area contributed by atoms with E-state index < -0.39 is 8.80 Å². The molecule has 3 aromatic rings. The minimum absolute atomic E-state index is 1.05. The Morgan fingerprint density at radius 3 is 1.42 bits per heavy atom. The van der Waals surface area contributed by atoms with Gasteiger partial charge in [0.2, 0.25) is 0 Å². The minimum Gasteiger partial charge on any atom is -0.372 e. The van der Waals surface area contributed by atoms with Gasteiger partial charge in [0.05, 0.1) is 0 Å². The van der Waals surface area contributed by atoms with Crippen molar-refractivity contribution in [1.29, 1.82) is 0 Å². The summed E-state index contributed by atoms with van der Waals surface area (Å²) in [4.78, 5) is 2.39. The van der Waals surface area contributed by atoms with Crippen LogP contribution in [0.1, 0.15) is 13.8 Å². The molecule has 0 bridgehead atoms. The standard InChI is InChI=1S/C22H25NSi/c1-3-23(4-2)19-15-17-22(18-16-19)24(20-11-7-5-8-12-20)21-13-9-6-10-14-21/h5-18,24H,3-4H2,1-2H3. The van der Waals surface area contributed by atoms with Gasteiger partial charge in [0.1, 0.15) is 8.80 Å². The highest BCUT2D eigenvalue weighted by Crippen LogP contribution is 2.11. The van der Waals surface area contributed by atoms with Crippen molar-refractivity contribution in [2.75, 3.05) is 18.0 Å². The van der Waals surface area contributed by atoms with Gasteiger partial charge in [-0.3, -0.25) is 0 Å². The Morgan fingerprint density at radius 2 is 1.00 bits per heavy atom. The molecule has 122 valence electrons. The first-order valence-electron chi connectivity index (χ1n) is 8.78. The Labute approximate surface area is 147 Å². The fourth-order valence-corrected chi connectivity index (χ4v) is 6.28.